The Labute approximate surface area is 145 Å². The molecule has 0 aromatic heterocycles. The van der Waals surface area contributed by atoms with E-state index >= 15 is 0 Å². The van der Waals surface area contributed by atoms with Crippen LogP contribution >= 0.6 is 0 Å². The van der Waals surface area contributed by atoms with Crippen LogP contribution in [-0.2, 0) is 10.0 Å². The van der Waals surface area contributed by atoms with Gasteiger partial charge in [0.2, 0.25) is 10.0 Å². The van der Waals surface area contributed by atoms with E-state index in [2.05, 4.69) is 5.32 Å². The molecule has 5 nitrogen and oxygen atoms in total. The van der Waals surface area contributed by atoms with Crippen molar-refractivity contribution in [2.45, 2.75) is 63.8 Å². The van der Waals surface area contributed by atoms with Crippen molar-refractivity contribution in [1.82, 2.24) is 9.62 Å². The quantitative estimate of drug-likeness (QED) is 0.909. The van der Waals surface area contributed by atoms with E-state index in [1.165, 1.54) is 6.07 Å². The Morgan fingerprint density at radius 1 is 1.08 bits per heavy atom. The summed E-state index contributed by atoms with van der Waals surface area (Å²) in [6.07, 6.45) is 3.92. The fraction of sp³-hybridized carbons (Fsp3) is 0.611. The zero-order chi connectivity index (χ0) is 18.0. The van der Waals surface area contributed by atoms with Crippen molar-refractivity contribution in [3.05, 3.63) is 29.3 Å². The summed E-state index contributed by atoms with van der Waals surface area (Å²) in [5, 5.41) is 2.90. The molecule has 24 heavy (non-hydrogen) atoms. The fourth-order valence-electron chi connectivity index (χ4n) is 2.85. The van der Waals surface area contributed by atoms with Gasteiger partial charge in [0.1, 0.15) is 0 Å². The van der Waals surface area contributed by atoms with Gasteiger partial charge < -0.3 is 5.32 Å². The number of nitrogens with zero attached hydrogens (tertiary/aromatic N) is 1. The summed E-state index contributed by atoms with van der Waals surface area (Å²) < 4.78 is 27.4. The summed E-state index contributed by atoms with van der Waals surface area (Å²) in [6.45, 7) is 8.63. The Morgan fingerprint density at radius 3 is 2.21 bits per heavy atom. The minimum Gasteiger partial charge on any atom is -0.347 e. The fourth-order valence-corrected chi connectivity index (χ4v) is 4.39. The summed E-state index contributed by atoms with van der Waals surface area (Å²) in [7, 11) is -3.55. The second-order valence-electron chi connectivity index (χ2n) is 7.50. The number of benzene rings is 1. The largest absolute Gasteiger partial charge is 0.347 e. The second-order valence-corrected chi connectivity index (χ2v) is 9.44. The summed E-state index contributed by atoms with van der Waals surface area (Å²) in [5.74, 6) is -0.243. The van der Waals surface area contributed by atoms with Crippen LogP contribution in [0.4, 0.5) is 0 Å². The van der Waals surface area contributed by atoms with Gasteiger partial charge in [0.05, 0.1) is 4.90 Å². The minimum atomic E-state index is -3.55. The number of carbonyl (C=O) groups excluding carboxylic acids is 1. The lowest BCUT2D eigenvalue weighted by atomic mass is 10.0. The molecule has 0 unspecified atom stereocenters. The van der Waals surface area contributed by atoms with E-state index in [1.54, 1.807) is 16.4 Å². The van der Waals surface area contributed by atoms with E-state index in [9.17, 15) is 13.2 Å². The predicted octanol–water partition coefficient (Wildman–Crippen LogP) is 3.09. The molecule has 134 valence electrons. The van der Waals surface area contributed by atoms with Crippen molar-refractivity contribution in [2.75, 3.05) is 13.1 Å². The van der Waals surface area contributed by atoms with E-state index in [0.29, 0.717) is 18.7 Å². The molecule has 1 aromatic rings. The van der Waals surface area contributed by atoms with Gasteiger partial charge >= 0.3 is 0 Å². The maximum absolute atomic E-state index is 12.9. The standard InChI is InChI=1S/C18H28N2O3S/c1-14-9-10-15(13-16(14)17(21)19-18(2,3)4)24(22,23)20-11-7-5-6-8-12-20/h9-10,13H,5-8,11-12H2,1-4H3,(H,19,21). The number of sulfonamides is 1. The summed E-state index contributed by atoms with van der Waals surface area (Å²) >= 11 is 0. The molecular formula is C18H28N2O3S. The maximum atomic E-state index is 12.9. The van der Waals surface area contributed by atoms with Crippen molar-refractivity contribution in [2.24, 2.45) is 0 Å². The minimum absolute atomic E-state index is 0.203. The number of aryl methyl sites for hydroxylation is 1. The first-order valence-corrected chi connectivity index (χ1v) is 9.98. The molecule has 0 bridgehead atoms. The molecule has 1 aliphatic rings. The van der Waals surface area contributed by atoms with Gasteiger partial charge in [-0.1, -0.05) is 18.9 Å². The molecular weight excluding hydrogens is 324 g/mol. The number of amides is 1. The van der Waals surface area contributed by atoms with Gasteiger partial charge in [0.25, 0.3) is 5.91 Å². The molecule has 1 fully saturated rings. The third-order valence-corrected chi connectivity index (χ3v) is 6.04. The average molecular weight is 353 g/mol. The van der Waals surface area contributed by atoms with E-state index in [-0.39, 0.29) is 16.3 Å². The first kappa shape index (κ1) is 18.9. The van der Waals surface area contributed by atoms with Crippen molar-refractivity contribution < 1.29 is 13.2 Å². The third kappa shape index (κ3) is 4.57. The molecule has 0 aliphatic carbocycles. The molecule has 1 amide bonds. The Morgan fingerprint density at radius 2 is 1.67 bits per heavy atom. The van der Waals surface area contributed by atoms with Gasteiger partial charge in [-0.2, -0.15) is 4.31 Å². The zero-order valence-corrected chi connectivity index (χ0v) is 15.9. The van der Waals surface area contributed by atoms with Gasteiger partial charge in [-0.3, -0.25) is 4.79 Å². The number of hydrogen-bond donors (Lipinski definition) is 1. The second kappa shape index (κ2) is 7.23. The van der Waals surface area contributed by atoms with Crippen LogP contribution in [0.15, 0.2) is 23.1 Å². The van der Waals surface area contributed by atoms with Gasteiger partial charge in [0.15, 0.2) is 0 Å². The SMILES string of the molecule is Cc1ccc(S(=O)(=O)N2CCCCCC2)cc1C(=O)NC(C)(C)C. The monoisotopic (exact) mass is 352 g/mol. The van der Waals surface area contributed by atoms with Crippen LogP contribution in [0.3, 0.4) is 0 Å². The van der Waals surface area contributed by atoms with Gasteiger partial charge in [-0.25, -0.2) is 8.42 Å². The summed E-state index contributed by atoms with van der Waals surface area (Å²) in [5.41, 5.74) is 0.816. The topological polar surface area (TPSA) is 66.5 Å². The highest BCUT2D eigenvalue weighted by atomic mass is 32.2. The van der Waals surface area contributed by atoms with Crippen LogP contribution in [0.2, 0.25) is 0 Å². The van der Waals surface area contributed by atoms with Crippen molar-refractivity contribution in [3.63, 3.8) is 0 Å². The van der Waals surface area contributed by atoms with Gasteiger partial charge in [-0.15, -0.1) is 0 Å². The van der Waals surface area contributed by atoms with Crippen molar-refractivity contribution in [1.29, 1.82) is 0 Å². The Balaban J connectivity index is 2.34. The highest BCUT2D eigenvalue weighted by Gasteiger charge is 2.27. The first-order chi connectivity index (χ1) is 11.1. The molecule has 6 heteroatoms. The molecule has 0 saturated carbocycles. The van der Waals surface area contributed by atoms with Crippen molar-refractivity contribution >= 4 is 15.9 Å². The zero-order valence-electron chi connectivity index (χ0n) is 15.1. The third-order valence-electron chi connectivity index (χ3n) is 4.14. The van der Waals surface area contributed by atoms with Gasteiger partial charge in [0, 0.05) is 24.2 Å². The van der Waals surface area contributed by atoms with Crippen LogP contribution in [0.5, 0.6) is 0 Å². The smallest absolute Gasteiger partial charge is 0.251 e. The molecule has 1 saturated heterocycles. The lowest BCUT2D eigenvalue weighted by molar-refractivity contribution is 0.0918. The molecule has 1 aliphatic heterocycles. The molecule has 0 spiro atoms. The summed E-state index contributed by atoms with van der Waals surface area (Å²) in [4.78, 5) is 12.7. The van der Waals surface area contributed by atoms with E-state index < -0.39 is 10.0 Å². The van der Waals surface area contributed by atoms with Crippen LogP contribution in [0.1, 0.15) is 62.4 Å². The van der Waals surface area contributed by atoms with E-state index in [0.717, 1.165) is 31.2 Å². The number of hydrogen-bond acceptors (Lipinski definition) is 3. The van der Waals surface area contributed by atoms with Gasteiger partial charge in [-0.05, 0) is 58.2 Å². The lowest BCUT2D eigenvalue weighted by Gasteiger charge is -2.23. The molecule has 1 aromatic carbocycles. The van der Waals surface area contributed by atoms with E-state index in [1.807, 2.05) is 27.7 Å². The highest BCUT2D eigenvalue weighted by Crippen LogP contribution is 2.23. The average Bonchev–Trinajstić information content (AvgIpc) is 2.75. The highest BCUT2D eigenvalue weighted by molar-refractivity contribution is 7.89. The van der Waals surface area contributed by atoms with E-state index in [4.69, 9.17) is 0 Å². The predicted molar refractivity (Wildman–Crippen MR) is 95.6 cm³/mol. The molecule has 2 rings (SSSR count). The number of rotatable bonds is 3. The number of nitrogens with one attached hydrogen (secondary N) is 1. The first-order valence-electron chi connectivity index (χ1n) is 8.54. The van der Waals surface area contributed by atoms with Crippen LogP contribution in [0.25, 0.3) is 0 Å². The molecule has 0 atom stereocenters. The van der Waals surface area contributed by atoms with Crippen LogP contribution in [0, 0.1) is 6.92 Å². The number of carbonyl (C=O) groups is 1. The normalized spacial score (nSPS) is 17.3. The summed E-state index contributed by atoms with van der Waals surface area (Å²) in [6, 6.07) is 4.82. The Bertz CT molecular complexity index is 697. The lowest BCUT2D eigenvalue weighted by Crippen LogP contribution is -2.41. The molecule has 1 N–H and O–H groups in total. The van der Waals surface area contributed by atoms with Crippen LogP contribution < -0.4 is 5.32 Å². The molecule has 0 radical (unpaired) electrons. The van der Waals surface area contributed by atoms with Crippen molar-refractivity contribution in [3.8, 4) is 0 Å². The Kier molecular flexibility index (Phi) is 5.71. The maximum Gasteiger partial charge on any atom is 0.251 e. The Hall–Kier alpha value is -1.40. The van der Waals surface area contributed by atoms with Crippen LogP contribution in [-0.4, -0.2) is 37.3 Å². The molecule has 1 heterocycles.